The van der Waals surface area contributed by atoms with E-state index in [0.717, 1.165) is 25.6 Å². The topological polar surface area (TPSA) is 73.0 Å². The molecule has 2 fully saturated rings. The molecule has 0 aromatic carbocycles. The van der Waals surface area contributed by atoms with E-state index in [1.165, 1.54) is 23.4 Å². The number of amides is 2. The average Bonchev–Trinajstić information content (AvgIpc) is 2.73. The van der Waals surface area contributed by atoms with Gasteiger partial charge >= 0.3 is 6.03 Å². The van der Waals surface area contributed by atoms with Gasteiger partial charge in [0.15, 0.2) is 0 Å². The van der Waals surface area contributed by atoms with Crippen molar-refractivity contribution >= 4 is 16.1 Å². The minimum absolute atomic E-state index is 0.0783. The molecule has 2 heterocycles. The Hall–Kier alpha value is -0.860. The highest BCUT2D eigenvalue weighted by molar-refractivity contribution is 7.88. The van der Waals surface area contributed by atoms with Gasteiger partial charge < -0.3 is 15.1 Å². The van der Waals surface area contributed by atoms with Crippen molar-refractivity contribution in [3.05, 3.63) is 0 Å². The summed E-state index contributed by atoms with van der Waals surface area (Å²) >= 11 is 0. The maximum absolute atomic E-state index is 12.2. The zero-order valence-electron chi connectivity index (χ0n) is 14.3. The van der Waals surface area contributed by atoms with Crippen LogP contribution in [0.2, 0.25) is 0 Å². The second-order valence-electron chi connectivity index (χ2n) is 6.78. The van der Waals surface area contributed by atoms with Crippen molar-refractivity contribution in [2.24, 2.45) is 5.92 Å². The Morgan fingerprint density at radius 2 is 1.91 bits per heavy atom. The van der Waals surface area contributed by atoms with E-state index in [0.29, 0.717) is 39.1 Å². The van der Waals surface area contributed by atoms with E-state index in [9.17, 15) is 13.2 Å². The van der Waals surface area contributed by atoms with Gasteiger partial charge in [0.25, 0.3) is 0 Å². The van der Waals surface area contributed by atoms with Crippen molar-refractivity contribution < 1.29 is 13.2 Å². The van der Waals surface area contributed by atoms with Crippen LogP contribution in [0.1, 0.15) is 26.2 Å². The van der Waals surface area contributed by atoms with Crippen molar-refractivity contribution in [3.63, 3.8) is 0 Å². The number of carbonyl (C=O) groups excluding carboxylic acids is 1. The first-order valence-corrected chi connectivity index (χ1v) is 10.4. The summed E-state index contributed by atoms with van der Waals surface area (Å²) in [6, 6.07) is -0.0783. The van der Waals surface area contributed by atoms with Crippen LogP contribution in [0, 0.1) is 5.92 Å². The van der Waals surface area contributed by atoms with E-state index in [2.05, 4.69) is 17.1 Å². The van der Waals surface area contributed by atoms with Crippen LogP contribution in [0.15, 0.2) is 0 Å². The highest BCUT2D eigenvalue weighted by Crippen LogP contribution is 2.14. The third kappa shape index (κ3) is 5.93. The summed E-state index contributed by atoms with van der Waals surface area (Å²) < 4.78 is 24.6. The number of carbonyl (C=O) groups is 1. The Balaban J connectivity index is 1.71. The first kappa shape index (κ1) is 18.5. The number of nitrogens with zero attached hydrogens (tertiary/aromatic N) is 3. The third-order valence-electron chi connectivity index (χ3n) is 4.66. The number of hydrogen-bond acceptors (Lipinski definition) is 4. The van der Waals surface area contributed by atoms with E-state index >= 15 is 0 Å². The molecule has 1 atom stereocenters. The fraction of sp³-hybridized carbons (Fsp3) is 0.933. The van der Waals surface area contributed by atoms with Gasteiger partial charge in [0.1, 0.15) is 0 Å². The summed E-state index contributed by atoms with van der Waals surface area (Å²) in [6.07, 6.45) is 4.45. The molecule has 2 aliphatic heterocycles. The number of urea groups is 1. The van der Waals surface area contributed by atoms with Gasteiger partial charge in [-0.25, -0.2) is 17.5 Å². The molecule has 23 heavy (non-hydrogen) atoms. The van der Waals surface area contributed by atoms with E-state index in [4.69, 9.17) is 0 Å². The predicted molar refractivity (Wildman–Crippen MR) is 90.8 cm³/mol. The molecular formula is C15H30N4O3S. The van der Waals surface area contributed by atoms with Crippen molar-refractivity contribution in [2.45, 2.75) is 26.2 Å². The Morgan fingerprint density at radius 3 is 2.61 bits per heavy atom. The molecule has 2 amide bonds. The first-order chi connectivity index (χ1) is 10.9. The standard InChI is InChI=1S/C15H30N4O3S/c1-14-5-3-7-17(13-14)10-6-16-15(20)18-8-4-9-19(12-11-18)23(2,21)22/h14H,3-13H2,1-2H3,(H,16,20). The smallest absolute Gasteiger partial charge is 0.317 e. The molecule has 0 saturated carbocycles. The quantitative estimate of drug-likeness (QED) is 0.799. The lowest BCUT2D eigenvalue weighted by Crippen LogP contribution is -2.45. The molecule has 0 radical (unpaired) electrons. The van der Waals surface area contributed by atoms with Crippen molar-refractivity contribution in [3.8, 4) is 0 Å². The molecule has 2 aliphatic rings. The number of likely N-dealkylation sites (tertiary alicyclic amines) is 1. The van der Waals surface area contributed by atoms with Gasteiger partial charge in [-0.05, 0) is 31.7 Å². The second kappa shape index (κ2) is 8.30. The van der Waals surface area contributed by atoms with Crippen molar-refractivity contribution in [2.75, 3.05) is 58.6 Å². The summed E-state index contributed by atoms with van der Waals surface area (Å²) in [5.41, 5.74) is 0. The van der Waals surface area contributed by atoms with E-state index in [1.807, 2.05) is 0 Å². The van der Waals surface area contributed by atoms with Gasteiger partial charge in [-0.15, -0.1) is 0 Å². The van der Waals surface area contributed by atoms with E-state index < -0.39 is 10.0 Å². The number of hydrogen-bond donors (Lipinski definition) is 1. The molecule has 0 aliphatic carbocycles. The lowest BCUT2D eigenvalue weighted by atomic mass is 10.0. The fourth-order valence-electron chi connectivity index (χ4n) is 3.35. The van der Waals surface area contributed by atoms with Gasteiger partial charge in [-0.3, -0.25) is 0 Å². The summed E-state index contributed by atoms with van der Waals surface area (Å²) in [4.78, 5) is 16.4. The van der Waals surface area contributed by atoms with Crippen LogP contribution < -0.4 is 5.32 Å². The molecule has 7 nitrogen and oxygen atoms in total. The summed E-state index contributed by atoms with van der Waals surface area (Å²) in [5, 5.41) is 2.97. The van der Waals surface area contributed by atoms with Crippen LogP contribution in [0.3, 0.4) is 0 Å². The summed E-state index contributed by atoms with van der Waals surface area (Å²) in [7, 11) is -3.17. The van der Waals surface area contributed by atoms with E-state index in [1.54, 1.807) is 4.90 Å². The molecule has 1 N–H and O–H groups in total. The summed E-state index contributed by atoms with van der Waals surface area (Å²) in [5.74, 6) is 0.743. The number of nitrogens with one attached hydrogen (secondary N) is 1. The number of sulfonamides is 1. The normalized spacial score (nSPS) is 25.1. The Kier molecular flexibility index (Phi) is 6.67. The third-order valence-corrected chi connectivity index (χ3v) is 5.96. The Morgan fingerprint density at radius 1 is 1.13 bits per heavy atom. The van der Waals surface area contributed by atoms with Crippen LogP contribution in [-0.4, -0.2) is 87.2 Å². The maximum Gasteiger partial charge on any atom is 0.317 e. The van der Waals surface area contributed by atoms with Gasteiger partial charge in [0.05, 0.1) is 6.26 Å². The minimum Gasteiger partial charge on any atom is -0.337 e. The zero-order valence-corrected chi connectivity index (χ0v) is 15.1. The molecule has 2 rings (SSSR count). The van der Waals surface area contributed by atoms with Gasteiger partial charge in [-0.1, -0.05) is 6.92 Å². The summed E-state index contributed by atoms with van der Waals surface area (Å²) in [6.45, 7) is 7.99. The maximum atomic E-state index is 12.2. The predicted octanol–water partition coefficient (Wildman–Crippen LogP) is 0.395. The largest absolute Gasteiger partial charge is 0.337 e. The number of rotatable bonds is 4. The molecule has 0 aromatic rings. The minimum atomic E-state index is -3.17. The second-order valence-corrected chi connectivity index (χ2v) is 8.77. The monoisotopic (exact) mass is 346 g/mol. The Labute approximate surface area is 140 Å². The molecular weight excluding hydrogens is 316 g/mol. The first-order valence-electron chi connectivity index (χ1n) is 8.56. The zero-order chi connectivity index (χ0) is 16.9. The van der Waals surface area contributed by atoms with Gasteiger partial charge in [0, 0.05) is 45.8 Å². The van der Waals surface area contributed by atoms with Gasteiger partial charge in [-0.2, -0.15) is 0 Å². The highest BCUT2D eigenvalue weighted by atomic mass is 32.2. The average molecular weight is 346 g/mol. The van der Waals surface area contributed by atoms with E-state index in [-0.39, 0.29) is 6.03 Å². The molecule has 0 aromatic heterocycles. The van der Waals surface area contributed by atoms with Crippen LogP contribution in [0.25, 0.3) is 0 Å². The van der Waals surface area contributed by atoms with Crippen LogP contribution in [-0.2, 0) is 10.0 Å². The van der Waals surface area contributed by atoms with Crippen LogP contribution in [0.4, 0.5) is 4.79 Å². The Bertz CT molecular complexity index is 497. The lowest BCUT2D eigenvalue weighted by molar-refractivity contribution is 0.177. The fourth-order valence-corrected chi connectivity index (χ4v) is 4.23. The molecule has 8 heteroatoms. The molecule has 0 spiro atoms. The van der Waals surface area contributed by atoms with Gasteiger partial charge in [0.2, 0.25) is 10.0 Å². The van der Waals surface area contributed by atoms with Crippen LogP contribution >= 0.6 is 0 Å². The SMILES string of the molecule is CC1CCCN(CCNC(=O)N2CCCN(S(C)(=O)=O)CC2)C1. The van der Waals surface area contributed by atoms with Crippen molar-refractivity contribution in [1.29, 1.82) is 0 Å². The molecule has 2 saturated heterocycles. The molecule has 134 valence electrons. The lowest BCUT2D eigenvalue weighted by Gasteiger charge is -2.31. The molecule has 0 bridgehead atoms. The highest BCUT2D eigenvalue weighted by Gasteiger charge is 2.23. The van der Waals surface area contributed by atoms with Crippen molar-refractivity contribution in [1.82, 2.24) is 19.4 Å². The van der Waals surface area contributed by atoms with Crippen LogP contribution in [0.5, 0.6) is 0 Å². The molecule has 1 unspecified atom stereocenters. The number of piperidine rings is 1.